The summed E-state index contributed by atoms with van der Waals surface area (Å²) in [4.78, 5) is 11.3. The molecule has 0 rings (SSSR count). The lowest BCUT2D eigenvalue weighted by molar-refractivity contribution is -0.118. The molecule has 0 spiro atoms. The smallest absolute Gasteiger partial charge is 0.136 e. The van der Waals surface area contributed by atoms with E-state index >= 15 is 0 Å². The Bertz CT molecular complexity index is 175. The van der Waals surface area contributed by atoms with Crippen LogP contribution in [0, 0.1) is 5.92 Å². The second-order valence-corrected chi connectivity index (χ2v) is 3.89. The van der Waals surface area contributed by atoms with Crippen LogP contribution in [0.4, 0.5) is 0 Å². The molecule has 13 heavy (non-hydrogen) atoms. The van der Waals surface area contributed by atoms with Crippen LogP contribution in [-0.2, 0) is 4.79 Å². The van der Waals surface area contributed by atoms with E-state index in [1.165, 1.54) is 0 Å². The predicted octanol–water partition coefficient (Wildman–Crippen LogP) is 2.29. The average Bonchev–Trinajstić information content (AvgIpc) is 2.00. The first kappa shape index (κ1) is 12.4. The van der Waals surface area contributed by atoms with Crippen LogP contribution in [0.25, 0.3) is 0 Å². The normalized spacial score (nSPS) is 12.5. The predicted molar refractivity (Wildman–Crippen MR) is 56.5 cm³/mol. The molecule has 2 N–H and O–H groups in total. The number of rotatable bonds is 7. The second-order valence-electron chi connectivity index (χ2n) is 3.89. The summed E-state index contributed by atoms with van der Waals surface area (Å²) in [6.45, 7) is 8.47. The van der Waals surface area contributed by atoms with Gasteiger partial charge in [-0.2, -0.15) is 0 Å². The Morgan fingerprint density at radius 2 is 2.08 bits per heavy atom. The van der Waals surface area contributed by atoms with Gasteiger partial charge in [0, 0.05) is 12.8 Å². The molecule has 0 bridgehead atoms. The Morgan fingerprint density at radius 3 is 2.54 bits per heavy atom. The highest BCUT2D eigenvalue weighted by Crippen LogP contribution is 2.11. The van der Waals surface area contributed by atoms with Gasteiger partial charge < -0.3 is 5.73 Å². The number of carbonyl (C=O) groups is 1. The zero-order valence-electron chi connectivity index (χ0n) is 8.81. The van der Waals surface area contributed by atoms with Gasteiger partial charge in [-0.05, 0) is 32.2 Å². The number of carbonyl (C=O) groups excluding carboxylic acids is 1. The SMILES string of the molecule is C=C(C)CC(=O)CCC(C)CCN. The van der Waals surface area contributed by atoms with Gasteiger partial charge in [0.1, 0.15) is 5.78 Å². The first-order valence-electron chi connectivity index (χ1n) is 4.92. The van der Waals surface area contributed by atoms with Crippen molar-refractivity contribution < 1.29 is 4.79 Å². The molecule has 1 unspecified atom stereocenters. The van der Waals surface area contributed by atoms with Gasteiger partial charge >= 0.3 is 0 Å². The molecule has 76 valence electrons. The van der Waals surface area contributed by atoms with Crippen molar-refractivity contribution in [3.63, 3.8) is 0 Å². The Morgan fingerprint density at radius 1 is 1.46 bits per heavy atom. The van der Waals surface area contributed by atoms with Crippen LogP contribution in [-0.4, -0.2) is 12.3 Å². The van der Waals surface area contributed by atoms with Crippen molar-refractivity contribution in [1.82, 2.24) is 0 Å². The van der Waals surface area contributed by atoms with Crippen molar-refractivity contribution >= 4 is 5.78 Å². The Kier molecular flexibility index (Phi) is 6.51. The highest BCUT2D eigenvalue weighted by Gasteiger charge is 2.06. The van der Waals surface area contributed by atoms with Crippen molar-refractivity contribution in [3.05, 3.63) is 12.2 Å². The van der Waals surface area contributed by atoms with Crippen LogP contribution in [0.3, 0.4) is 0 Å². The first-order chi connectivity index (χ1) is 6.06. The fourth-order valence-electron chi connectivity index (χ4n) is 1.26. The second kappa shape index (κ2) is 6.84. The molecule has 0 saturated heterocycles. The van der Waals surface area contributed by atoms with Gasteiger partial charge in [-0.3, -0.25) is 4.79 Å². The van der Waals surface area contributed by atoms with Gasteiger partial charge in [0.2, 0.25) is 0 Å². The van der Waals surface area contributed by atoms with Crippen LogP contribution in [0.1, 0.15) is 39.5 Å². The number of hydrogen-bond donors (Lipinski definition) is 1. The highest BCUT2D eigenvalue weighted by molar-refractivity contribution is 5.80. The average molecular weight is 183 g/mol. The minimum Gasteiger partial charge on any atom is -0.330 e. The van der Waals surface area contributed by atoms with Gasteiger partial charge in [0.15, 0.2) is 0 Å². The molecular formula is C11H21NO. The zero-order valence-corrected chi connectivity index (χ0v) is 8.81. The Balaban J connectivity index is 3.51. The van der Waals surface area contributed by atoms with E-state index in [0.29, 0.717) is 24.5 Å². The standard InChI is InChI=1S/C11H21NO/c1-9(2)8-11(13)5-4-10(3)6-7-12/h10H,1,4-8,12H2,2-3H3. The number of allylic oxidation sites excluding steroid dienone is 1. The first-order valence-corrected chi connectivity index (χ1v) is 4.92. The summed E-state index contributed by atoms with van der Waals surface area (Å²) >= 11 is 0. The molecule has 0 saturated carbocycles. The highest BCUT2D eigenvalue weighted by atomic mass is 16.1. The van der Waals surface area contributed by atoms with Gasteiger partial charge in [0.25, 0.3) is 0 Å². The largest absolute Gasteiger partial charge is 0.330 e. The number of ketones is 1. The molecule has 0 aliphatic rings. The van der Waals surface area contributed by atoms with Crippen LogP contribution < -0.4 is 5.73 Å². The molecule has 0 heterocycles. The minimum absolute atomic E-state index is 0.302. The molecule has 0 fully saturated rings. The van der Waals surface area contributed by atoms with Gasteiger partial charge in [-0.25, -0.2) is 0 Å². The molecule has 1 atom stereocenters. The fourth-order valence-corrected chi connectivity index (χ4v) is 1.26. The summed E-state index contributed by atoms with van der Waals surface area (Å²) < 4.78 is 0. The third kappa shape index (κ3) is 7.72. The van der Waals surface area contributed by atoms with Crippen molar-refractivity contribution in [1.29, 1.82) is 0 Å². The summed E-state index contributed by atoms with van der Waals surface area (Å²) in [6, 6.07) is 0. The topological polar surface area (TPSA) is 43.1 Å². The van der Waals surface area contributed by atoms with Crippen molar-refractivity contribution in [2.45, 2.75) is 39.5 Å². The molecule has 0 aromatic heterocycles. The quantitative estimate of drug-likeness (QED) is 0.615. The molecule has 0 aromatic carbocycles. The zero-order chi connectivity index (χ0) is 10.3. The summed E-state index contributed by atoms with van der Waals surface area (Å²) in [5.41, 5.74) is 6.37. The third-order valence-electron chi connectivity index (χ3n) is 2.07. The van der Waals surface area contributed by atoms with Crippen molar-refractivity contribution in [2.75, 3.05) is 6.54 Å². The van der Waals surface area contributed by atoms with E-state index in [-0.39, 0.29) is 0 Å². The maximum absolute atomic E-state index is 11.3. The van der Waals surface area contributed by atoms with Crippen molar-refractivity contribution in [2.24, 2.45) is 11.7 Å². The number of hydrogen-bond acceptors (Lipinski definition) is 2. The van der Waals surface area contributed by atoms with E-state index < -0.39 is 0 Å². The third-order valence-corrected chi connectivity index (χ3v) is 2.07. The molecule has 0 radical (unpaired) electrons. The molecule has 0 aliphatic heterocycles. The van der Waals surface area contributed by atoms with E-state index in [9.17, 15) is 4.79 Å². The van der Waals surface area contributed by atoms with E-state index in [0.717, 1.165) is 25.0 Å². The summed E-state index contributed by atoms with van der Waals surface area (Å²) in [6.07, 6.45) is 3.19. The molecular weight excluding hydrogens is 162 g/mol. The van der Waals surface area contributed by atoms with Crippen LogP contribution in [0.2, 0.25) is 0 Å². The number of Topliss-reactive ketones (excluding diaryl/α,β-unsaturated/α-hetero) is 1. The van der Waals surface area contributed by atoms with E-state index in [4.69, 9.17) is 5.73 Å². The molecule has 2 heteroatoms. The fraction of sp³-hybridized carbons (Fsp3) is 0.727. The summed E-state index contributed by atoms with van der Waals surface area (Å²) in [5, 5.41) is 0. The lowest BCUT2D eigenvalue weighted by atomic mass is 9.98. The van der Waals surface area contributed by atoms with Gasteiger partial charge in [0.05, 0.1) is 0 Å². The molecule has 0 aromatic rings. The van der Waals surface area contributed by atoms with Crippen molar-refractivity contribution in [3.8, 4) is 0 Å². The summed E-state index contributed by atoms with van der Waals surface area (Å²) in [7, 11) is 0. The van der Waals surface area contributed by atoms with E-state index in [2.05, 4.69) is 13.5 Å². The minimum atomic E-state index is 0.302. The van der Waals surface area contributed by atoms with E-state index in [1.807, 2.05) is 6.92 Å². The lowest BCUT2D eigenvalue weighted by Crippen LogP contribution is -2.08. The van der Waals surface area contributed by atoms with Crippen LogP contribution >= 0.6 is 0 Å². The summed E-state index contributed by atoms with van der Waals surface area (Å²) in [5.74, 6) is 0.871. The van der Waals surface area contributed by atoms with Gasteiger partial charge in [-0.15, -0.1) is 0 Å². The van der Waals surface area contributed by atoms with E-state index in [1.54, 1.807) is 0 Å². The Hall–Kier alpha value is -0.630. The Labute approximate surface area is 81.2 Å². The monoisotopic (exact) mass is 183 g/mol. The van der Waals surface area contributed by atoms with Gasteiger partial charge in [-0.1, -0.05) is 19.1 Å². The lowest BCUT2D eigenvalue weighted by Gasteiger charge is -2.08. The van der Waals surface area contributed by atoms with Crippen LogP contribution in [0.5, 0.6) is 0 Å². The molecule has 2 nitrogen and oxygen atoms in total. The molecule has 0 aliphatic carbocycles. The maximum Gasteiger partial charge on any atom is 0.136 e. The number of nitrogens with two attached hydrogens (primary N) is 1. The van der Waals surface area contributed by atoms with Crippen LogP contribution in [0.15, 0.2) is 12.2 Å². The molecule has 0 amide bonds. The maximum atomic E-state index is 11.3.